The number of nitrogen functional groups attached to an aromatic ring is 1. The van der Waals surface area contributed by atoms with Crippen molar-refractivity contribution in [3.63, 3.8) is 0 Å². The first-order chi connectivity index (χ1) is 11.1. The Balaban J connectivity index is 1.65. The van der Waals surface area contributed by atoms with Crippen LogP contribution in [0.25, 0.3) is 0 Å². The zero-order chi connectivity index (χ0) is 16.3. The van der Waals surface area contributed by atoms with Gasteiger partial charge in [0.05, 0.1) is 5.54 Å². The van der Waals surface area contributed by atoms with Crippen LogP contribution in [0.1, 0.15) is 36.8 Å². The monoisotopic (exact) mass is 372 g/mol. The zero-order valence-electron chi connectivity index (χ0n) is 13.0. The highest BCUT2D eigenvalue weighted by atomic mass is 79.9. The molecule has 1 aliphatic rings. The Morgan fingerprint density at radius 2 is 1.96 bits per heavy atom. The van der Waals surface area contributed by atoms with Gasteiger partial charge in [0.15, 0.2) is 0 Å². The number of hydrogen-bond donors (Lipinski definition) is 2. The molecule has 0 bridgehead atoms. The molecule has 4 heteroatoms. The molecule has 23 heavy (non-hydrogen) atoms. The van der Waals surface area contributed by atoms with Crippen LogP contribution >= 0.6 is 15.9 Å². The average Bonchev–Trinajstić information content (AvgIpc) is 2.50. The van der Waals surface area contributed by atoms with Gasteiger partial charge in [0.25, 0.3) is 0 Å². The lowest BCUT2D eigenvalue weighted by molar-refractivity contribution is -0.124. The fourth-order valence-corrected chi connectivity index (χ4v) is 3.54. The van der Waals surface area contributed by atoms with E-state index in [1.807, 2.05) is 36.4 Å². The van der Waals surface area contributed by atoms with Gasteiger partial charge < -0.3 is 11.1 Å². The molecular weight excluding hydrogens is 352 g/mol. The molecule has 2 aromatic carbocycles. The van der Waals surface area contributed by atoms with Crippen LogP contribution in [0.5, 0.6) is 0 Å². The third-order valence-electron chi connectivity index (χ3n) is 4.64. The first-order valence-corrected chi connectivity index (χ1v) is 8.79. The molecule has 3 nitrogen and oxygen atoms in total. The smallest absolute Gasteiger partial charge is 0.221 e. The summed E-state index contributed by atoms with van der Waals surface area (Å²) in [5.74, 6) is 0.0907. The van der Waals surface area contributed by atoms with Crippen molar-refractivity contribution >= 4 is 27.5 Å². The van der Waals surface area contributed by atoms with E-state index in [1.54, 1.807) is 0 Å². The molecule has 0 heterocycles. The fraction of sp³-hybridized carbons (Fsp3) is 0.316. The second kappa shape index (κ2) is 6.75. The predicted octanol–water partition coefficient (Wildman–Crippen LogP) is 4.16. The first-order valence-electron chi connectivity index (χ1n) is 7.99. The lowest BCUT2D eigenvalue weighted by atomic mass is 9.71. The summed E-state index contributed by atoms with van der Waals surface area (Å²) in [5, 5.41) is 3.26. The Labute approximate surface area is 145 Å². The van der Waals surface area contributed by atoms with Crippen molar-refractivity contribution in [2.45, 2.75) is 37.6 Å². The third-order valence-corrected chi connectivity index (χ3v) is 5.13. The molecule has 0 aromatic heterocycles. The summed E-state index contributed by atoms with van der Waals surface area (Å²) in [7, 11) is 0. The molecule has 1 saturated carbocycles. The highest BCUT2D eigenvalue weighted by molar-refractivity contribution is 9.10. The van der Waals surface area contributed by atoms with Crippen LogP contribution in [0.4, 0.5) is 5.69 Å². The van der Waals surface area contributed by atoms with Crippen molar-refractivity contribution in [1.29, 1.82) is 0 Å². The molecule has 1 aliphatic carbocycles. The first kappa shape index (κ1) is 16.1. The number of nitrogens with two attached hydrogens (primary N) is 1. The average molecular weight is 373 g/mol. The van der Waals surface area contributed by atoms with Gasteiger partial charge in [0.1, 0.15) is 0 Å². The molecule has 0 spiro atoms. The van der Waals surface area contributed by atoms with E-state index in [0.717, 1.165) is 35.0 Å². The molecule has 0 saturated heterocycles. The summed E-state index contributed by atoms with van der Waals surface area (Å²) >= 11 is 3.52. The number of hydrogen-bond acceptors (Lipinski definition) is 2. The summed E-state index contributed by atoms with van der Waals surface area (Å²) in [6, 6.07) is 16.0. The largest absolute Gasteiger partial charge is 0.399 e. The van der Waals surface area contributed by atoms with Crippen LogP contribution in [-0.2, 0) is 16.8 Å². The Bertz CT molecular complexity index is 710. The molecule has 3 rings (SSSR count). The SMILES string of the molecule is Nc1ccccc1CCC(=O)NC1(c2cccc(Br)c2)CCC1. The van der Waals surface area contributed by atoms with Gasteiger partial charge in [0, 0.05) is 16.6 Å². The predicted molar refractivity (Wildman–Crippen MR) is 97.0 cm³/mol. The highest BCUT2D eigenvalue weighted by Gasteiger charge is 2.39. The topological polar surface area (TPSA) is 55.1 Å². The third kappa shape index (κ3) is 3.58. The van der Waals surface area contributed by atoms with E-state index >= 15 is 0 Å². The van der Waals surface area contributed by atoms with Crippen LogP contribution < -0.4 is 11.1 Å². The lowest BCUT2D eigenvalue weighted by Crippen LogP contribution is -2.50. The number of para-hydroxylation sites is 1. The minimum absolute atomic E-state index is 0.0907. The second-order valence-corrected chi connectivity index (χ2v) is 7.11. The van der Waals surface area contributed by atoms with E-state index in [0.29, 0.717) is 12.8 Å². The van der Waals surface area contributed by atoms with Gasteiger partial charge in [-0.2, -0.15) is 0 Å². The number of halogens is 1. The van der Waals surface area contributed by atoms with E-state index < -0.39 is 0 Å². The Kier molecular flexibility index (Phi) is 4.71. The maximum Gasteiger partial charge on any atom is 0.221 e. The van der Waals surface area contributed by atoms with Gasteiger partial charge in [0.2, 0.25) is 5.91 Å². The van der Waals surface area contributed by atoms with Gasteiger partial charge in [-0.15, -0.1) is 0 Å². The number of anilines is 1. The van der Waals surface area contributed by atoms with E-state index in [9.17, 15) is 4.79 Å². The van der Waals surface area contributed by atoms with Crippen LogP contribution in [0, 0.1) is 0 Å². The number of carbonyl (C=O) groups is 1. The number of aryl methyl sites for hydroxylation is 1. The maximum atomic E-state index is 12.4. The molecule has 120 valence electrons. The lowest BCUT2D eigenvalue weighted by Gasteiger charge is -2.43. The Morgan fingerprint density at radius 3 is 2.61 bits per heavy atom. The van der Waals surface area contributed by atoms with Crippen LogP contribution in [0.15, 0.2) is 53.0 Å². The van der Waals surface area contributed by atoms with Crippen molar-refractivity contribution in [2.75, 3.05) is 5.73 Å². The van der Waals surface area contributed by atoms with Crippen molar-refractivity contribution < 1.29 is 4.79 Å². The van der Waals surface area contributed by atoms with Crippen molar-refractivity contribution in [3.05, 3.63) is 64.1 Å². The van der Waals surface area contributed by atoms with E-state index in [-0.39, 0.29) is 11.4 Å². The van der Waals surface area contributed by atoms with Gasteiger partial charge in [-0.25, -0.2) is 0 Å². The summed E-state index contributed by atoms with van der Waals surface area (Å²) in [6.07, 6.45) is 4.29. The van der Waals surface area contributed by atoms with Gasteiger partial charge >= 0.3 is 0 Å². The standard InChI is InChI=1S/C19H21BrN2O/c20-16-7-3-6-15(13-16)19(11-4-12-19)22-18(23)10-9-14-5-1-2-8-17(14)21/h1-3,5-8,13H,4,9-12,21H2,(H,22,23). The number of amides is 1. The van der Waals surface area contributed by atoms with Crippen molar-refractivity contribution in [2.24, 2.45) is 0 Å². The minimum atomic E-state index is -0.191. The zero-order valence-corrected chi connectivity index (χ0v) is 14.6. The molecule has 1 amide bonds. The molecule has 0 radical (unpaired) electrons. The summed E-state index contributed by atoms with van der Waals surface area (Å²) in [4.78, 5) is 12.4. The minimum Gasteiger partial charge on any atom is -0.399 e. The van der Waals surface area contributed by atoms with Crippen molar-refractivity contribution in [3.8, 4) is 0 Å². The van der Waals surface area contributed by atoms with E-state index in [2.05, 4.69) is 33.4 Å². The highest BCUT2D eigenvalue weighted by Crippen LogP contribution is 2.42. The number of rotatable bonds is 5. The fourth-order valence-electron chi connectivity index (χ4n) is 3.14. The second-order valence-electron chi connectivity index (χ2n) is 6.19. The normalized spacial score (nSPS) is 15.7. The Hall–Kier alpha value is -1.81. The number of carbonyl (C=O) groups excluding carboxylic acids is 1. The molecular formula is C19H21BrN2O. The summed E-state index contributed by atoms with van der Waals surface area (Å²) in [5.41, 5.74) is 8.73. The van der Waals surface area contributed by atoms with Crippen LogP contribution in [0.2, 0.25) is 0 Å². The summed E-state index contributed by atoms with van der Waals surface area (Å²) < 4.78 is 1.05. The Morgan fingerprint density at radius 1 is 1.17 bits per heavy atom. The molecule has 2 aromatic rings. The quantitative estimate of drug-likeness (QED) is 0.774. The molecule has 1 fully saturated rings. The van der Waals surface area contributed by atoms with Crippen molar-refractivity contribution in [1.82, 2.24) is 5.32 Å². The summed E-state index contributed by atoms with van der Waals surface area (Å²) in [6.45, 7) is 0. The van der Waals surface area contributed by atoms with Crippen LogP contribution in [-0.4, -0.2) is 5.91 Å². The number of benzene rings is 2. The molecule has 3 N–H and O–H groups in total. The van der Waals surface area contributed by atoms with Gasteiger partial charge in [-0.3, -0.25) is 4.79 Å². The molecule has 0 aliphatic heterocycles. The molecule has 0 unspecified atom stereocenters. The number of nitrogens with one attached hydrogen (secondary N) is 1. The van der Waals surface area contributed by atoms with E-state index in [1.165, 1.54) is 5.56 Å². The maximum absolute atomic E-state index is 12.4. The van der Waals surface area contributed by atoms with E-state index in [4.69, 9.17) is 5.73 Å². The van der Waals surface area contributed by atoms with Crippen LogP contribution in [0.3, 0.4) is 0 Å². The van der Waals surface area contributed by atoms with Gasteiger partial charge in [-0.1, -0.05) is 46.3 Å². The molecule has 0 atom stereocenters. The van der Waals surface area contributed by atoms with Gasteiger partial charge in [-0.05, 0) is 55.0 Å².